The van der Waals surface area contributed by atoms with Crippen molar-refractivity contribution in [3.8, 4) is 5.75 Å². The number of esters is 1. The van der Waals surface area contributed by atoms with Crippen molar-refractivity contribution in [2.75, 3.05) is 19.1 Å². The molecule has 1 heterocycles. The van der Waals surface area contributed by atoms with Gasteiger partial charge < -0.3 is 9.47 Å². The van der Waals surface area contributed by atoms with Gasteiger partial charge in [0, 0.05) is 5.69 Å². The van der Waals surface area contributed by atoms with Crippen LogP contribution >= 0.6 is 23.2 Å². The zero-order chi connectivity index (χ0) is 14.2. The molecule has 7 heteroatoms. The maximum absolute atomic E-state index is 11.9. The molecule has 1 aliphatic rings. The van der Waals surface area contributed by atoms with Crippen molar-refractivity contribution in [2.45, 2.75) is 10.4 Å². The smallest absolute Gasteiger partial charge is 0.332 e. The van der Waals surface area contributed by atoms with E-state index in [1.165, 1.54) is 19.1 Å². The van der Waals surface area contributed by atoms with Gasteiger partial charge in [-0.15, -0.1) is 0 Å². The molecule has 1 aliphatic heterocycles. The number of methoxy groups -OCH3 is 2. The average molecular weight is 304 g/mol. The molecule has 2 rings (SSSR count). The summed E-state index contributed by atoms with van der Waals surface area (Å²) in [6, 6.07) is 5.55. The third kappa shape index (κ3) is 2.13. The molecule has 0 N–H and O–H groups in total. The third-order valence-electron chi connectivity index (χ3n) is 2.88. The van der Waals surface area contributed by atoms with E-state index in [1.807, 2.05) is 0 Å². The van der Waals surface area contributed by atoms with Gasteiger partial charge in [-0.3, -0.25) is 9.69 Å². The number of carbonyl (C=O) groups excluding carboxylic acids is 2. The summed E-state index contributed by atoms with van der Waals surface area (Å²) in [6.07, 6.45) is 0. The topological polar surface area (TPSA) is 55.8 Å². The van der Waals surface area contributed by atoms with Crippen molar-refractivity contribution in [2.24, 2.45) is 0 Å². The maximum Gasteiger partial charge on any atom is 0.332 e. The summed E-state index contributed by atoms with van der Waals surface area (Å²) in [6.45, 7) is 0. The van der Waals surface area contributed by atoms with Gasteiger partial charge in [0.05, 0.1) is 14.2 Å². The van der Waals surface area contributed by atoms with Gasteiger partial charge >= 0.3 is 5.97 Å². The monoisotopic (exact) mass is 303 g/mol. The summed E-state index contributed by atoms with van der Waals surface area (Å²) in [5, 5.41) is 0. The molecule has 5 nitrogen and oxygen atoms in total. The van der Waals surface area contributed by atoms with Crippen LogP contribution in [-0.2, 0) is 14.3 Å². The first-order valence-electron chi connectivity index (χ1n) is 5.37. The van der Waals surface area contributed by atoms with Crippen LogP contribution in [0.5, 0.6) is 5.75 Å². The number of amides is 1. The Morgan fingerprint density at radius 2 is 1.84 bits per heavy atom. The van der Waals surface area contributed by atoms with Crippen LogP contribution in [0, 0.1) is 0 Å². The Balaban J connectivity index is 2.32. The Hall–Kier alpha value is -1.46. The number of β-lactam (4-membered cyclic amide) rings is 1. The fourth-order valence-electron chi connectivity index (χ4n) is 1.87. The number of carbonyl (C=O) groups is 2. The molecule has 0 spiro atoms. The highest BCUT2D eigenvalue weighted by Gasteiger charge is 2.64. The molecule has 0 aliphatic carbocycles. The van der Waals surface area contributed by atoms with Gasteiger partial charge in [0.15, 0.2) is 6.04 Å². The molecule has 0 radical (unpaired) electrons. The highest BCUT2D eigenvalue weighted by atomic mass is 35.5. The first-order chi connectivity index (χ1) is 8.93. The van der Waals surface area contributed by atoms with Crippen LogP contribution in [0.4, 0.5) is 5.69 Å². The standard InChI is InChI=1S/C12H11Cl2NO4/c1-18-8-5-3-7(4-6-8)15-9(10(16)19-2)12(13,14)11(15)17/h3-6,9H,1-2H3/t9-/m1/s1. The summed E-state index contributed by atoms with van der Waals surface area (Å²) < 4.78 is 7.84. The number of benzene rings is 1. The molecule has 0 unspecified atom stereocenters. The fraction of sp³-hybridized carbons (Fsp3) is 0.333. The van der Waals surface area contributed by atoms with E-state index in [4.69, 9.17) is 27.9 Å². The van der Waals surface area contributed by atoms with Crippen molar-refractivity contribution in [3.63, 3.8) is 0 Å². The molecule has 1 aromatic rings. The van der Waals surface area contributed by atoms with Crippen LogP contribution in [0.3, 0.4) is 0 Å². The van der Waals surface area contributed by atoms with Crippen LogP contribution in [0.2, 0.25) is 0 Å². The van der Waals surface area contributed by atoms with Gasteiger partial charge in [-0.05, 0) is 24.3 Å². The van der Waals surface area contributed by atoms with Crippen LogP contribution in [0.15, 0.2) is 24.3 Å². The lowest BCUT2D eigenvalue weighted by Gasteiger charge is -2.46. The minimum Gasteiger partial charge on any atom is -0.497 e. The SMILES string of the molecule is COC(=O)[C@H]1N(c2ccc(OC)cc2)C(=O)C1(Cl)Cl. The maximum atomic E-state index is 11.9. The van der Waals surface area contributed by atoms with E-state index in [1.54, 1.807) is 24.3 Å². The first-order valence-corrected chi connectivity index (χ1v) is 6.12. The number of hydrogen-bond donors (Lipinski definition) is 0. The van der Waals surface area contributed by atoms with Gasteiger partial charge in [0.2, 0.25) is 4.33 Å². The lowest BCUT2D eigenvalue weighted by Crippen LogP contribution is -2.72. The minimum atomic E-state index is -1.78. The second kappa shape index (κ2) is 4.90. The van der Waals surface area contributed by atoms with Crippen molar-refractivity contribution in [3.05, 3.63) is 24.3 Å². The lowest BCUT2D eigenvalue weighted by molar-refractivity contribution is -0.148. The van der Waals surface area contributed by atoms with E-state index in [2.05, 4.69) is 4.74 Å². The molecule has 1 atom stereocenters. The molecule has 19 heavy (non-hydrogen) atoms. The molecule has 1 saturated heterocycles. The highest BCUT2D eigenvalue weighted by molar-refractivity contribution is 6.64. The molecule has 0 bridgehead atoms. The van der Waals surface area contributed by atoms with Crippen molar-refractivity contribution in [1.29, 1.82) is 0 Å². The quantitative estimate of drug-likeness (QED) is 0.485. The van der Waals surface area contributed by atoms with Crippen LogP contribution in [-0.4, -0.2) is 36.5 Å². The lowest BCUT2D eigenvalue weighted by atomic mass is 9.99. The molecule has 1 amide bonds. The van der Waals surface area contributed by atoms with Gasteiger partial charge in [0.1, 0.15) is 5.75 Å². The summed E-state index contributed by atoms with van der Waals surface area (Å²) >= 11 is 11.7. The number of anilines is 1. The molecule has 0 saturated carbocycles. The largest absolute Gasteiger partial charge is 0.497 e. The zero-order valence-corrected chi connectivity index (χ0v) is 11.7. The van der Waals surface area contributed by atoms with E-state index in [9.17, 15) is 9.59 Å². The Kier molecular flexibility index (Phi) is 3.60. The van der Waals surface area contributed by atoms with Gasteiger partial charge in [0.25, 0.3) is 5.91 Å². The van der Waals surface area contributed by atoms with E-state index < -0.39 is 22.3 Å². The van der Waals surface area contributed by atoms with Gasteiger partial charge in [-0.2, -0.15) is 0 Å². The van der Waals surface area contributed by atoms with Crippen molar-refractivity contribution < 1.29 is 19.1 Å². The summed E-state index contributed by atoms with van der Waals surface area (Å²) in [4.78, 5) is 24.7. The minimum absolute atomic E-state index is 0.498. The van der Waals surface area contributed by atoms with E-state index >= 15 is 0 Å². The molecule has 102 valence electrons. The van der Waals surface area contributed by atoms with Crippen LogP contribution in [0.1, 0.15) is 0 Å². The molecule has 1 aromatic carbocycles. The normalized spacial score (nSPS) is 20.7. The summed E-state index contributed by atoms with van der Waals surface area (Å²) in [7, 11) is 2.74. The molecular formula is C12H11Cl2NO4. The van der Waals surface area contributed by atoms with Crippen molar-refractivity contribution in [1.82, 2.24) is 0 Å². The second-order valence-corrected chi connectivity index (χ2v) is 5.31. The molecular weight excluding hydrogens is 293 g/mol. The van der Waals surface area contributed by atoms with Crippen molar-refractivity contribution >= 4 is 40.8 Å². The summed E-state index contributed by atoms with van der Waals surface area (Å²) in [5.74, 6) is -0.592. The first kappa shape index (κ1) is 14.0. The Morgan fingerprint density at radius 1 is 1.26 bits per heavy atom. The number of halogens is 2. The number of hydrogen-bond acceptors (Lipinski definition) is 4. The Labute approximate surface area is 120 Å². The third-order valence-corrected chi connectivity index (χ3v) is 3.62. The number of rotatable bonds is 3. The average Bonchev–Trinajstić information content (AvgIpc) is 2.43. The highest BCUT2D eigenvalue weighted by Crippen LogP contribution is 2.44. The number of nitrogens with zero attached hydrogens (tertiary/aromatic N) is 1. The van der Waals surface area contributed by atoms with Gasteiger partial charge in [-0.1, -0.05) is 23.2 Å². The predicted octanol–water partition coefficient (Wildman–Crippen LogP) is 1.76. The van der Waals surface area contributed by atoms with Crippen LogP contribution < -0.4 is 9.64 Å². The Morgan fingerprint density at radius 3 is 2.32 bits per heavy atom. The zero-order valence-electron chi connectivity index (χ0n) is 10.2. The molecule has 1 fully saturated rings. The molecule has 0 aromatic heterocycles. The van der Waals surface area contributed by atoms with Gasteiger partial charge in [-0.25, -0.2) is 4.79 Å². The number of ether oxygens (including phenoxy) is 2. The second-order valence-electron chi connectivity index (χ2n) is 3.92. The number of alkyl halides is 2. The Bertz CT molecular complexity index is 515. The van der Waals surface area contributed by atoms with E-state index in [0.717, 1.165) is 0 Å². The van der Waals surface area contributed by atoms with E-state index in [0.29, 0.717) is 11.4 Å². The summed E-state index contributed by atoms with van der Waals surface area (Å²) in [5.41, 5.74) is 0.498. The predicted molar refractivity (Wildman–Crippen MR) is 70.7 cm³/mol. The van der Waals surface area contributed by atoms with E-state index in [-0.39, 0.29) is 0 Å². The fourth-order valence-corrected chi connectivity index (χ4v) is 2.42. The van der Waals surface area contributed by atoms with Crippen LogP contribution in [0.25, 0.3) is 0 Å².